The summed E-state index contributed by atoms with van der Waals surface area (Å²) in [5.41, 5.74) is 0.713. The Morgan fingerprint density at radius 2 is 0.769 bits per heavy atom. The molecule has 0 bridgehead atoms. The summed E-state index contributed by atoms with van der Waals surface area (Å²) < 4.78 is 0. The van der Waals surface area contributed by atoms with Gasteiger partial charge in [-0.15, -0.1) is 0 Å². The summed E-state index contributed by atoms with van der Waals surface area (Å²) in [6.45, 7) is 12.8. The molecule has 0 aliphatic heterocycles. The van der Waals surface area contributed by atoms with E-state index >= 15 is 0 Å². The van der Waals surface area contributed by atoms with Gasteiger partial charge in [-0.05, 0) is 0 Å². The fourth-order valence-corrected chi connectivity index (χ4v) is 0. The zero-order valence-corrected chi connectivity index (χ0v) is 14.3. The van der Waals surface area contributed by atoms with E-state index in [-0.39, 0.29) is 32.7 Å². The maximum Gasteiger partial charge on any atom is 0 e. The Morgan fingerprint density at radius 3 is 0.769 bits per heavy atom. The summed E-state index contributed by atoms with van der Waals surface area (Å²) in [5, 5.41) is 0. The Kier molecular flexibility index (Phi) is 14.1. The number of hydrogen-bond donors (Lipinski definition) is 0. The molecule has 0 nitrogen and oxygen atoms in total. The van der Waals surface area contributed by atoms with E-state index < -0.39 is 0 Å². The van der Waals surface area contributed by atoms with Gasteiger partial charge in [0, 0.05) is 32.7 Å². The molecule has 0 saturated heterocycles. The van der Waals surface area contributed by atoms with E-state index in [4.69, 9.17) is 25.3 Å². The maximum absolute atomic E-state index is 4.79. The van der Waals surface area contributed by atoms with Crippen molar-refractivity contribution in [2.45, 2.75) is 41.5 Å². The van der Waals surface area contributed by atoms with E-state index in [1.54, 1.807) is 0 Å². The van der Waals surface area contributed by atoms with Gasteiger partial charge in [0.05, 0.1) is 0 Å². The Hall–Kier alpha value is 1.80. The molecule has 0 amide bonds. The van der Waals surface area contributed by atoms with Crippen LogP contribution in [0.25, 0.3) is 0 Å². The molecule has 79 valence electrons. The normalized spacial score (nSPS) is 11.1. The van der Waals surface area contributed by atoms with Gasteiger partial charge in [0.2, 0.25) is 0 Å². The first-order valence-corrected chi connectivity index (χ1v) is 5.44. The van der Waals surface area contributed by atoms with Crippen molar-refractivity contribution in [2.24, 2.45) is 10.8 Å². The standard InChI is InChI=1S/2C5H12S.Y/c2*1-5(2,3)4-6;/h2*6H,4H2,1-3H3;/p-2. The summed E-state index contributed by atoms with van der Waals surface area (Å²) >= 11 is 9.58. The van der Waals surface area contributed by atoms with E-state index in [2.05, 4.69) is 41.5 Å². The van der Waals surface area contributed by atoms with Gasteiger partial charge in [0.1, 0.15) is 0 Å². The third kappa shape index (κ3) is 31.6. The third-order valence-corrected chi connectivity index (χ3v) is 2.60. The monoisotopic (exact) mass is 295 g/mol. The second-order valence-electron chi connectivity index (χ2n) is 5.41. The molecule has 0 unspecified atom stereocenters. The fraction of sp³-hybridized carbons (Fsp3) is 1.00. The predicted molar refractivity (Wildman–Crippen MR) is 63.4 cm³/mol. The molecule has 0 N–H and O–H groups in total. The van der Waals surface area contributed by atoms with Crippen LogP contribution >= 0.6 is 0 Å². The topological polar surface area (TPSA) is 0 Å². The quantitative estimate of drug-likeness (QED) is 0.630. The van der Waals surface area contributed by atoms with E-state index in [1.807, 2.05) is 0 Å². The van der Waals surface area contributed by atoms with Crippen LogP contribution in [0.1, 0.15) is 41.5 Å². The molecule has 0 heterocycles. The molecule has 0 atom stereocenters. The van der Waals surface area contributed by atoms with Crippen molar-refractivity contribution < 1.29 is 32.7 Å². The smallest absolute Gasteiger partial charge is 0 e. The van der Waals surface area contributed by atoms with Crippen LogP contribution in [0.2, 0.25) is 0 Å². The van der Waals surface area contributed by atoms with Gasteiger partial charge in [-0.1, -0.05) is 52.4 Å². The van der Waals surface area contributed by atoms with Crippen LogP contribution in [0.4, 0.5) is 0 Å². The van der Waals surface area contributed by atoms with Gasteiger partial charge >= 0.3 is 0 Å². The molecule has 3 heteroatoms. The first-order chi connectivity index (χ1) is 5.12. The minimum Gasteiger partial charge on any atom is -0.792 e. The summed E-state index contributed by atoms with van der Waals surface area (Å²) in [5.74, 6) is 1.71. The van der Waals surface area contributed by atoms with Crippen LogP contribution < -0.4 is 0 Å². The van der Waals surface area contributed by atoms with Crippen molar-refractivity contribution in [3.05, 3.63) is 0 Å². The number of rotatable bonds is 0. The van der Waals surface area contributed by atoms with Gasteiger partial charge in [-0.2, -0.15) is 11.5 Å². The molecule has 13 heavy (non-hydrogen) atoms. The van der Waals surface area contributed by atoms with E-state index in [0.717, 1.165) is 11.5 Å². The van der Waals surface area contributed by atoms with Crippen molar-refractivity contribution in [1.29, 1.82) is 0 Å². The van der Waals surface area contributed by atoms with Gasteiger partial charge < -0.3 is 25.3 Å². The number of hydrogen-bond acceptors (Lipinski definition) is 2. The van der Waals surface area contributed by atoms with Gasteiger partial charge in [0.25, 0.3) is 0 Å². The van der Waals surface area contributed by atoms with Crippen LogP contribution in [0.3, 0.4) is 0 Å². The molecule has 0 rings (SSSR count). The molecule has 0 saturated carbocycles. The Morgan fingerprint density at radius 1 is 0.692 bits per heavy atom. The molecule has 0 aliphatic rings. The van der Waals surface area contributed by atoms with Crippen LogP contribution in [0, 0.1) is 10.8 Å². The average Bonchev–Trinajstić information content (AvgIpc) is 1.86. The Balaban J connectivity index is -0.000000143. The zero-order chi connectivity index (χ0) is 10.4. The van der Waals surface area contributed by atoms with E-state index in [9.17, 15) is 0 Å². The second-order valence-corrected chi connectivity index (χ2v) is 5.99. The minimum atomic E-state index is 0. The van der Waals surface area contributed by atoms with Crippen molar-refractivity contribution >= 4 is 25.3 Å². The van der Waals surface area contributed by atoms with Crippen LogP contribution in [0.5, 0.6) is 0 Å². The summed E-state index contributed by atoms with van der Waals surface area (Å²) in [6, 6.07) is 0. The maximum atomic E-state index is 4.79. The molecule has 0 aromatic heterocycles. The molecule has 0 spiro atoms. The molecule has 0 aliphatic carbocycles. The molecular formula is C10H22S2Y-2. The zero-order valence-electron chi connectivity index (χ0n) is 9.81. The summed E-state index contributed by atoms with van der Waals surface area (Å²) in [4.78, 5) is 0. The molecule has 0 aromatic rings. The largest absolute Gasteiger partial charge is 0.792 e. The first kappa shape index (κ1) is 20.2. The molecule has 0 aromatic carbocycles. The summed E-state index contributed by atoms with van der Waals surface area (Å²) in [6.07, 6.45) is 0. The van der Waals surface area contributed by atoms with Gasteiger partial charge in [0.15, 0.2) is 0 Å². The second kappa shape index (κ2) is 9.06. The average molecular weight is 295 g/mol. The van der Waals surface area contributed by atoms with Crippen LogP contribution in [0.15, 0.2) is 0 Å². The molecular weight excluding hydrogens is 273 g/mol. The van der Waals surface area contributed by atoms with Crippen molar-refractivity contribution in [1.82, 2.24) is 0 Å². The summed E-state index contributed by atoms with van der Waals surface area (Å²) in [7, 11) is 0. The van der Waals surface area contributed by atoms with Crippen LogP contribution in [-0.2, 0) is 58.0 Å². The minimum absolute atomic E-state index is 0. The van der Waals surface area contributed by atoms with Crippen molar-refractivity contribution in [3.63, 3.8) is 0 Å². The molecule has 1 radical (unpaired) electrons. The van der Waals surface area contributed by atoms with E-state index in [1.165, 1.54) is 0 Å². The predicted octanol–water partition coefficient (Wildman–Crippen LogP) is 3.16. The third-order valence-electron chi connectivity index (χ3n) is 0.866. The van der Waals surface area contributed by atoms with Gasteiger partial charge in [-0.3, -0.25) is 0 Å². The molecule has 0 fully saturated rings. The van der Waals surface area contributed by atoms with Crippen molar-refractivity contribution in [2.75, 3.05) is 11.5 Å². The van der Waals surface area contributed by atoms with E-state index in [0.29, 0.717) is 10.8 Å². The van der Waals surface area contributed by atoms with Crippen LogP contribution in [-0.4, -0.2) is 11.5 Å². The Bertz CT molecular complexity index is 86.5. The SMILES string of the molecule is CC(C)(C)C[S-].CC(C)(C)C[S-].[Y]. The van der Waals surface area contributed by atoms with Gasteiger partial charge in [-0.25, -0.2) is 0 Å². The Labute approximate surface area is 121 Å². The van der Waals surface area contributed by atoms with Crippen molar-refractivity contribution in [3.8, 4) is 0 Å². The fourth-order valence-electron chi connectivity index (χ4n) is 0. The first-order valence-electron chi connectivity index (χ1n) is 4.28.